The fraction of sp³-hybridized carbons (Fsp3) is 0.433. The van der Waals surface area contributed by atoms with Crippen LogP contribution in [0.3, 0.4) is 0 Å². The van der Waals surface area contributed by atoms with E-state index in [-0.39, 0.29) is 36.5 Å². The number of aliphatic hydroxyl groups is 1. The molecule has 3 aliphatic rings. The molecule has 0 radical (unpaired) electrons. The molecule has 4 heterocycles. The van der Waals surface area contributed by atoms with Crippen LogP contribution in [0, 0.1) is 0 Å². The molecule has 2 bridgehead atoms. The largest absolute Gasteiger partial charge is 0.486 e. The number of rotatable bonds is 8. The maximum atomic E-state index is 13.2. The summed E-state index contributed by atoms with van der Waals surface area (Å²) < 4.78 is 16.6. The number of nitrogens with one attached hydrogen (secondary N) is 2. The van der Waals surface area contributed by atoms with Crippen molar-refractivity contribution in [1.29, 1.82) is 0 Å². The summed E-state index contributed by atoms with van der Waals surface area (Å²) in [5.41, 5.74) is 3.27. The second-order valence-corrected chi connectivity index (χ2v) is 10.7. The van der Waals surface area contributed by atoms with Gasteiger partial charge in [-0.05, 0) is 73.2 Å². The van der Waals surface area contributed by atoms with E-state index in [2.05, 4.69) is 15.6 Å². The Hall–Kier alpha value is -3.73. The molecule has 2 unspecified atom stereocenters. The molecule has 3 aromatic rings. The SMILES string of the molecule is O=C(NC[C@@H](O)[C@@H]1Cc2ccc(OCc3cnco3)cc2CN1)c1ccc(C(=O)N2C3CCCC2COC3)cc1. The van der Waals surface area contributed by atoms with Crippen molar-refractivity contribution in [2.75, 3.05) is 19.8 Å². The minimum atomic E-state index is -0.763. The van der Waals surface area contributed by atoms with E-state index in [1.807, 2.05) is 23.1 Å². The predicted molar refractivity (Wildman–Crippen MR) is 145 cm³/mol. The molecule has 0 aliphatic carbocycles. The highest BCUT2D eigenvalue weighted by atomic mass is 16.5. The predicted octanol–water partition coefficient (Wildman–Crippen LogP) is 2.45. The number of piperidine rings is 1. The number of aromatic nitrogens is 1. The van der Waals surface area contributed by atoms with Crippen LogP contribution in [0.2, 0.25) is 0 Å². The zero-order valence-corrected chi connectivity index (χ0v) is 22.3. The van der Waals surface area contributed by atoms with Gasteiger partial charge in [-0.3, -0.25) is 9.59 Å². The number of fused-ring (bicyclic) bond motifs is 3. The van der Waals surface area contributed by atoms with Crippen LogP contribution in [0.4, 0.5) is 0 Å². The van der Waals surface area contributed by atoms with E-state index in [1.165, 1.54) is 6.39 Å². The average molecular weight is 547 g/mol. The Labute approximate surface area is 232 Å². The second kappa shape index (κ2) is 11.8. The van der Waals surface area contributed by atoms with Crippen LogP contribution in [0.15, 0.2) is 59.5 Å². The monoisotopic (exact) mass is 546 g/mol. The summed E-state index contributed by atoms with van der Waals surface area (Å²) in [6.45, 7) is 2.19. The number of nitrogens with zero attached hydrogens (tertiary/aromatic N) is 2. The smallest absolute Gasteiger partial charge is 0.254 e. The lowest BCUT2D eigenvalue weighted by molar-refractivity contribution is -0.0565. The first-order valence-electron chi connectivity index (χ1n) is 13.9. The van der Waals surface area contributed by atoms with Gasteiger partial charge in [0.1, 0.15) is 12.4 Å². The summed E-state index contributed by atoms with van der Waals surface area (Å²) in [5, 5.41) is 17.0. The number of hydrogen-bond acceptors (Lipinski definition) is 8. The molecule has 10 heteroatoms. The molecule has 1 aromatic heterocycles. The van der Waals surface area contributed by atoms with Crippen molar-refractivity contribution in [3.05, 3.63) is 83.1 Å². The summed E-state index contributed by atoms with van der Waals surface area (Å²) in [6.07, 6.45) is 5.92. The number of carbonyl (C=O) groups is 2. The molecule has 6 rings (SSSR count). The topological polar surface area (TPSA) is 126 Å². The van der Waals surface area contributed by atoms with Gasteiger partial charge in [0.25, 0.3) is 11.8 Å². The molecule has 2 fully saturated rings. The highest BCUT2D eigenvalue weighted by Gasteiger charge is 2.38. The number of benzene rings is 2. The lowest BCUT2D eigenvalue weighted by Gasteiger charge is -2.45. The number of aliphatic hydroxyl groups excluding tert-OH is 1. The molecule has 210 valence electrons. The van der Waals surface area contributed by atoms with E-state index < -0.39 is 6.10 Å². The zero-order chi connectivity index (χ0) is 27.5. The Morgan fingerprint density at radius 2 is 1.88 bits per heavy atom. The van der Waals surface area contributed by atoms with E-state index >= 15 is 0 Å². The molecule has 2 saturated heterocycles. The number of ether oxygens (including phenoxy) is 2. The Balaban J connectivity index is 0.994. The Bertz CT molecular complexity index is 1310. The van der Waals surface area contributed by atoms with Crippen LogP contribution in [0.5, 0.6) is 5.75 Å². The second-order valence-electron chi connectivity index (χ2n) is 10.7. The molecule has 2 amide bonds. The van der Waals surface area contributed by atoms with Crippen LogP contribution >= 0.6 is 0 Å². The zero-order valence-electron chi connectivity index (χ0n) is 22.3. The van der Waals surface area contributed by atoms with Gasteiger partial charge in [-0.2, -0.15) is 0 Å². The van der Waals surface area contributed by atoms with E-state index in [4.69, 9.17) is 13.9 Å². The Kier molecular flexibility index (Phi) is 7.81. The number of carbonyl (C=O) groups excluding carboxylic acids is 2. The van der Waals surface area contributed by atoms with E-state index in [9.17, 15) is 14.7 Å². The third-order valence-electron chi connectivity index (χ3n) is 8.08. The van der Waals surface area contributed by atoms with Gasteiger partial charge in [-0.1, -0.05) is 6.07 Å². The van der Waals surface area contributed by atoms with Crippen LogP contribution in [-0.4, -0.2) is 70.8 Å². The standard InChI is InChI=1S/C30H34N4O6/c35-28(27-11-21-8-9-25(10-22(21)12-32-27)39-17-26-13-31-18-40-26)14-33-29(36)19-4-6-20(7-5-19)30(37)34-23-2-1-3-24(34)16-38-15-23/h4-10,13,18,23-24,27-28,32,35H,1-3,11-12,14-17H2,(H,33,36)/t23?,24?,27-,28+/m0/s1. The van der Waals surface area contributed by atoms with Crippen molar-refractivity contribution >= 4 is 11.8 Å². The molecule has 3 N–H and O–H groups in total. The molecule has 40 heavy (non-hydrogen) atoms. The van der Waals surface area contributed by atoms with Gasteiger partial charge in [0, 0.05) is 30.3 Å². The average Bonchev–Trinajstić information content (AvgIpc) is 3.51. The van der Waals surface area contributed by atoms with Gasteiger partial charge in [0.15, 0.2) is 12.2 Å². The van der Waals surface area contributed by atoms with E-state index in [0.29, 0.717) is 49.7 Å². The van der Waals surface area contributed by atoms with Crippen LogP contribution < -0.4 is 15.4 Å². The van der Waals surface area contributed by atoms with Crippen LogP contribution in [0.25, 0.3) is 0 Å². The molecule has 2 aromatic carbocycles. The third kappa shape index (κ3) is 5.74. The van der Waals surface area contributed by atoms with Crippen LogP contribution in [0.1, 0.15) is 56.9 Å². The minimum Gasteiger partial charge on any atom is -0.486 e. The first-order chi connectivity index (χ1) is 19.5. The fourth-order valence-electron chi connectivity index (χ4n) is 5.87. The lowest BCUT2D eigenvalue weighted by Crippen LogP contribution is -2.57. The van der Waals surface area contributed by atoms with Gasteiger partial charge in [-0.25, -0.2) is 4.98 Å². The van der Waals surface area contributed by atoms with Crippen molar-refractivity contribution < 1.29 is 28.6 Å². The summed E-state index contributed by atoms with van der Waals surface area (Å²) in [7, 11) is 0. The van der Waals surface area contributed by atoms with E-state index in [0.717, 1.165) is 36.1 Å². The van der Waals surface area contributed by atoms with Gasteiger partial charge in [-0.15, -0.1) is 0 Å². The van der Waals surface area contributed by atoms with Gasteiger partial charge < -0.3 is 34.5 Å². The maximum absolute atomic E-state index is 13.2. The summed E-state index contributed by atoms with van der Waals surface area (Å²) in [5.74, 6) is 1.10. The first-order valence-corrected chi connectivity index (χ1v) is 13.9. The number of hydrogen-bond donors (Lipinski definition) is 3. The molecule has 3 aliphatic heterocycles. The lowest BCUT2D eigenvalue weighted by atomic mass is 9.92. The number of amides is 2. The van der Waals surface area contributed by atoms with Crippen molar-refractivity contribution in [3.8, 4) is 5.75 Å². The summed E-state index contributed by atoms with van der Waals surface area (Å²) >= 11 is 0. The Morgan fingerprint density at radius 1 is 1.10 bits per heavy atom. The fourth-order valence-corrected chi connectivity index (χ4v) is 5.87. The van der Waals surface area contributed by atoms with Crippen molar-refractivity contribution in [2.45, 2.75) is 63.1 Å². The molecule has 0 saturated carbocycles. The highest BCUT2D eigenvalue weighted by Crippen LogP contribution is 2.29. The quantitative estimate of drug-likeness (QED) is 0.394. The van der Waals surface area contributed by atoms with E-state index in [1.54, 1.807) is 30.5 Å². The van der Waals surface area contributed by atoms with Crippen molar-refractivity contribution in [2.24, 2.45) is 0 Å². The molecule has 10 nitrogen and oxygen atoms in total. The number of oxazole rings is 1. The Morgan fingerprint density at radius 3 is 2.62 bits per heavy atom. The highest BCUT2D eigenvalue weighted by molar-refractivity contribution is 5.98. The molecule has 4 atom stereocenters. The third-order valence-corrected chi connectivity index (χ3v) is 8.08. The normalized spacial score (nSPS) is 22.7. The first kappa shape index (κ1) is 26.5. The summed E-state index contributed by atoms with van der Waals surface area (Å²) in [4.78, 5) is 31.8. The molecular formula is C30H34N4O6. The van der Waals surface area contributed by atoms with Gasteiger partial charge in [0.05, 0.1) is 37.6 Å². The van der Waals surface area contributed by atoms with Gasteiger partial charge in [0.2, 0.25) is 0 Å². The van der Waals surface area contributed by atoms with Crippen LogP contribution in [-0.2, 0) is 24.3 Å². The summed E-state index contributed by atoms with van der Waals surface area (Å²) in [6, 6.07) is 12.7. The molecule has 0 spiro atoms. The molecular weight excluding hydrogens is 512 g/mol. The maximum Gasteiger partial charge on any atom is 0.254 e. The van der Waals surface area contributed by atoms with Gasteiger partial charge >= 0.3 is 0 Å². The van der Waals surface area contributed by atoms with Crippen molar-refractivity contribution in [3.63, 3.8) is 0 Å². The number of morpholine rings is 1. The minimum absolute atomic E-state index is 0.00228. The van der Waals surface area contributed by atoms with Crippen molar-refractivity contribution in [1.82, 2.24) is 20.5 Å².